The van der Waals surface area contributed by atoms with Gasteiger partial charge in [0.25, 0.3) is 0 Å². The van der Waals surface area contributed by atoms with Gasteiger partial charge in [0, 0.05) is 42.3 Å². The lowest BCUT2D eigenvalue weighted by Crippen LogP contribution is -2.28. The first-order valence-electron chi connectivity index (χ1n) is 10.7. The molecular formula is C26H29N3O2. The maximum Gasteiger partial charge on any atom is 0.417 e. The van der Waals surface area contributed by atoms with Crippen LogP contribution in [0.1, 0.15) is 50.3 Å². The minimum Gasteiger partial charge on any atom is -0.410 e. The number of nitrogens with one attached hydrogen (secondary N) is 1. The molecule has 0 saturated heterocycles. The molecule has 2 heterocycles. The van der Waals surface area contributed by atoms with E-state index in [4.69, 9.17) is 4.74 Å². The van der Waals surface area contributed by atoms with Crippen molar-refractivity contribution in [2.24, 2.45) is 0 Å². The molecule has 0 unspecified atom stereocenters. The number of pyridine rings is 1. The van der Waals surface area contributed by atoms with Gasteiger partial charge in [0.1, 0.15) is 5.75 Å². The molecule has 3 aromatic rings. The second kappa shape index (κ2) is 8.42. The Morgan fingerprint density at radius 2 is 1.94 bits per heavy atom. The van der Waals surface area contributed by atoms with E-state index in [2.05, 4.69) is 49.0 Å². The maximum absolute atomic E-state index is 12.4. The molecule has 0 bridgehead atoms. The number of carbonyl (C=O) groups excluding carboxylic acids is 1. The van der Waals surface area contributed by atoms with Crippen LogP contribution >= 0.6 is 0 Å². The molecule has 5 nitrogen and oxygen atoms in total. The Morgan fingerprint density at radius 3 is 2.61 bits per heavy atom. The number of carbonyl (C=O) groups is 1. The largest absolute Gasteiger partial charge is 0.417 e. The second-order valence-corrected chi connectivity index (χ2v) is 9.07. The highest BCUT2D eigenvalue weighted by Crippen LogP contribution is 2.42. The van der Waals surface area contributed by atoms with E-state index < -0.39 is 6.09 Å². The first-order valence-corrected chi connectivity index (χ1v) is 10.7. The van der Waals surface area contributed by atoms with E-state index in [9.17, 15) is 4.79 Å². The molecule has 1 aliphatic heterocycles. The lowest BCUT2D eigenvalue weighted by Gasteiger charge is -2.22. The summed E-state index contributed by atoms with van der Waals surface area (Å²) in [5.74, 6) is 1.000. The zero-order valence-electron chi connectivity index (χ0n) is 18.6. The Bertz CT molecular complexity index is 1060. The Labute approximate surface area is 184 Å². The third-order valence-corrected chi connectivity index (χ3v) is 5.75. The third-order valence-electron chi connectivity index (χ3n) is 5.75. The van der Waals surface area contributed by atoms with Crippen LogP contribution in [0, 0.1) is 0 Å². The fraction of sp³-hybridized carbons (Fsp3) is 0.308. The standard InChI is InChI=1S/C26H29N3O2/c1-18(2)20-7-9-21(10-8-20)28-25(30)31-22-11-12-24-23(14-22)26(3,4)17-29(24)16-19-6-5-13-27-15-19/h5-15,18H,16-17H2,1-4H3,(H,28,30). The van der Waals surface area contributed by atoms with Gasteiger partial charge >= 0.3 is 6.09 Å². The summed E-state index contributed by atoms with van der Waals surface area (Å²) in [5.41, 5.74) is 5.44. The first kappa shape index (κ1) is 20.9. The van der Waals surface area contributed by atoms with Gasteiger partial charge in [-0.25, -0.2) is 4.79 Å². The molecular weight excluding hydrogens is 386 g/mol. The Balaban J connectivity index is 1.46. The van der Waals surface area contributed by atoms with Gasteiger partial charge in [-0.2, -0.15) is 0 Å². The molecule has 1 aromatic heterocycles. The molecule has 160 valence electrons. The number of amides is 1. The summed E-state index contributed by atoms with van der Waals surface area (Å²) >= 11 is 0. The topological polar surface area (TPSA) is 54.5 Å². The lowest BCUT2D eigenvalue weighted by atomic mass is 9.87. The minimum absolute atomic E-state index is 0.0416. The van der Waals surface area contributed by atoms with E-state index in [1.807, 2.05) is 54.7 Å². The molecule has 0 radical (unpaired) electrons. The molecule has 4 rings (SSSR count). The molecule has 0 spiro atoms. The maximum atomic E-state index is 12.4. The normalized spacial score (nSPS) is 14.4. The molecule has 0 atom stereocenters. The predicted octanol–water partition coefficient (Wildman–Crippen LogP) is 6.11. The Morgan fingerprint density at radius 1 is 1.16 bits per heavy atom. The smallest absolute Gasteiger partial charge is 0.410 e. The van der Waals surface area contributed by atoms with Crippen LogP contribution in [0.4, 0.5) is 16.2 Å². The summed E-state index contributed by atoms with van der Waals surface area (Å²) < 4.78 is 5.59. The number of rotatable bonds is 5. The van der Waals surface area contributed by atoms with E-state index in [-0.39, 0.29) is 5.41 Å². The quantitative estimate of drug-likeness (QED) is 0.546. The zero-order valence-corrected chi connectivity index (χ0v) is 18.6. The van der Waals surface area contributed by atoms with Gasteiger partial charge in [-0.3, -0.25) is 10.3 Å². The van der Waals surface area contributed by atoms with Crippen LogP contribution in [-0.2, 0) is 12.0 Å². The molecule has 2 aromatic carbocycles. The monoisotopic (exact) mass is 415 g/mol. The van der Waals surface area contributed by atoms with E-state index in [0.29, 0.717) is 11.7 Å². The average Bonchev–Trinajstić information content (AvgIpc) is 2.98. The number of aromatic nitrogens is 1. The molecule has 1 N–H and O–H groups in total. The molecule has 0 saturated carbocycles. The number of hydrogen-bond donors (Lipinski definition) is 1. The minimum atomic E-state index is -0.486. The molecule has 1 aliphatic rings. The van der Waals surface area contributed by atoms with Crippen LogP contribution in [0.15, 0.2) is 67.0 Å². The van der Waals surface area contributed by atoms with Crippen molar-refractivity contribution < 1.29 is 9.53 Å². The van der Waals surface area contributed by atoms with Crippen LogP contribution < -0.4 is 15.0 Å². The van der Waals surface area contributed by atoms with Crippen molar-refractivity contribution in [2.75, 3.05) is 16.8 Å². The number of hydrogen-bond acceptors (Lipinski definition) is 4. The third kappa shape index (κ3) is 4.71. The molecule has 31 heavy (non-hydrogen) atoms. The van der Waals surface area contributed by atoms with Gasteiger partial charge in [-0.1, -0.05) is 45.9 Å². The van der Waals surface area contributed by atoms with Crippen molar-refractivity contribution in [3.8, 4) is 5.75 Å². The van der Waals surface area contributed by atoms with Crippen LogP contribution in [0.2, 0.25) is 0 Å². The summed E-state index contributed by atoms with van der Waals surface area (Å²) in [5, 5.41) is 2.81. The summed E-state index contributed by atoms with van der Waals surface area (Å²) in [6, 6.07) is 17.8. The number of ether oxygens (including phenoxy) is 1. The van der Waals surface area contributed by atoms with Crippen molar-refractivity contribution >= 4 is 17.5 Å². The molecule has 1 amide bonds. The van der Waals surface area contributed by atoms with Crippen LogP contribution in [0.25, 0.3) is 0 Å². The fourth-order valence-corrected chi connectivity index (χ4v) is 4.10. The summed E-state index contributed by atoms with van der Waals surface area (Å²) in [6.07, 6.45) is 3.21. The van der Waals surface area contributed by atoms with Crippen molar-refractivity contribution in [2.45, 2.75) is 45.6 Å². The van der Waals surface area contributed by atoms with Gasteiger partial charge in [-0.15, -0.1) is 0 Å². The van der Waals surface area contributed by atoms with E-state index >= 15 is 0 Å². The predicted molar refractivity (Wildman–Crippen MR) is 125 cm³/mol. The van der Waals surface area contributed by atoms with Gasteiger partial charge < -0.3 is 9.64 Å². The number of benzene rings is 2. The lowest BCUT2D eigenvalue weighted by molar-refractivity contribution is 0.215. The number of fused-ring (bicyclic) bond motifs is 1. The Kier molecular flexibility index (Phi) is 5.68. The van der Waals surface area contributed by atoms with Crippen molar-refractivity contribution in [3.63, 3.8) is 0 Å². The van der Waals surface area contributed by atoms with Crippen LogP contribution in [0.3, 0.4) is 0 Å². The summed E-state index contributed by atoms with van der Waals surface area (Å²) in [4.78, 5) is 19.0. The van der Waals surface area contributed by atoms with Crippen LogP contribution in [-0.4, -0.2) is 17.6 Å². The van der Waals surface area contributed by atoms with Gasteiger partial charge in [0.15, 0.2) is 0 Å². The molecule has 0 fully saturated rings. The van der Waals surface area contributed by atoms with Gasteiger partial charge in [0.2, 0.25) is 0 Å². The highest BCUT2D eigenvalue weighted by atomic mass is 16.6. The summed E-state index contributed by atoms with van der Waals surface area (Å²) in [7, 11) is 0. The van der Waals surface area contributed by atoms with Crippen molar-refractivity contribution in [1.29, 1.82) is 0 Å². The first-order chi connectivity index (χ1) is 14.8. The molecule has 5 heteroatoms. The van der Waals surface area contributed by atoms with Gasteiger partial charge in [0.05, 0.1) is 0 Å². The van der Waals surface area contributed by atoms with E-state index in [1.54, 1.807) is 6.20 Å². The fourth-order valence-electron chi connectivity index (χ4n) is 4.10. The SMILES string of the molecule is CC(C)c1ccc(NC(=O)Oc2ccc3c(c2)C(C)(C)CN3Cc2cccnc2)cc1. The Hall–Kier alpha value is -3.34. The highest BCUT2D eigenvalue weighted by Gasteiger charge is 2.35. The van der Waals surface area contributed by atoms with E-state index in [0.717, 1.165) is 18.8 Å². The number of anilines is 2. The second-order valence-electron chi connectivity index (χ2n) is 9.07. The molecule has 0 aliphatic carbocycles. The van der Waals surface area contributed by atoms with Crippen molar-refractivity contribution in [3.05, 3.63) is 83.7 Å². The van der Waals surface area contributed by atoms with E-state index in [1.165, 1.54) is 22.4 Å². The average molecular weight is 416 g/mol. The zero-order chi connectivity index (χ0) is 22.0. The number of nitrogens with zero attached hydrogens (tertiary/aromatic N) is 2. The van der Waals surface area contributed by atoms with Crippen LogP contribution in [0.5, 0.6) is 5.75 Å². The summed E-state index contributed by atoms with van der Waals surface area (Å²) in [6.45, 7) is 10.4. The van der Waals surface area contributed by atoms with Gasteiger partial charge in [-0.05, 0) is 59.0 Å². The highest BCUT2D eigenvalue weighted by molar-refractivity contribution is 5.86. The van der Waals surface area contributed by atoms with Crippen molar-refractivity contribution in [1.82, 2.24) is 4.98 Å².